The molecule has 0 amide bonds. The largest absolute Gasteiger partial charge is 0.310 e. The Labute approximate surface area is 72.2 Å². The van der Waals surface area contributed by atoms with E-state index in [0.717, 1.165) is 12.6 Å². The van der Waals surface area contributed by atoms with Crippen LogP contribution in [0.25, 0.3) is 0 Å². The van der Waals surface area contributed by atoms with Crippen molar-refractivity contribution in [3.05, 3.63) is 24.3 Å². The highest BCUT2D eigenvalue weighted by Gasteiger charge is 2.15. The second kappa shape index (κ2) is 3.63. The number of rotatable bonds is 3. The van der Waals surface area contributed by atoms with Crippen LogP contribution >= 0.6 is 0 Å². The Hall–Kier alpha value is -0.960. The standard InChI is InChI=1S/C9H13N3/c1-2-9(3-1)12-6-8-4-10-7-11-5-8/h4-5,7,9,12H,1-3,6H2. The SMILES string of the molecule is c1ncc(CNC2CCC2)cn1. The van der Waals surface area contributed by atoms with E-state index in [9.17, 15) is 0 Å². The minimum Gasteiger partial charge on any atom is -0.310 e. The number of nitrogens with zero attached hydrogens (tertiary/aromatic N) is 2. The van der Waals surface area contributed by atoms with Crippen LogP contribution < -0.4 is 5.32 Å². The predicted molar refractivity (Wildman–Crippen MR) is 46.5 cm³/mol. The average molecular weight is 163 g/mol. The van der Waals surface area contributed by atoms with E-state index in [-0.39, 0.29) is 0 Å². The lowest BCUT2D eigenvalue weighted by Crippen LogP contribution is -2.34. The third-order valence-electron chi connectivity index (χ3n) is 2.31. The van der Waals surface area contributed by atoms with Gasteiger partial charge >= 0.3 is 0 Å². The van der Waals surface area contributed by atoms with Crippen molar-refractivity contribution >= 4 is 0 Å². The second-order valence-corrected chi connectivity index (χ2v) is 3.26. The molecule has 64 valence electrons. The van der Waals surface area contributed by atoms with Gasteiger partial charge in [0.15, 0.2) is 0 Å². The molecule has 1 saturated carbocycles. The first-order valence-corrected chi connectivity index (χ1v) is 4.42. The maximum Gasteiger partial charge on any atom is 0.115 e. The summed E-state index contributed by atoms with van der Waals surface area (Å²) in [6.07, 6.45) is 9.31. The molecule has 0 saturated heterocycles. The van der Waals surface area contributed by atoms with E-state index >= 15 is 0 Å². The minimum absolute atomic E-state index is 0.741. The summed E-state index contributed by atoms with van der Waals surface area (Å²) in [5.41, 5.74) is 1.17. The molecule has 1 aromatic rings. The molecule has 0 atom stereocenters. The molecular formula is C9H13N3. The Morgan fingerprint density at radius 1 is 1.33 bits per heavy atom. The topological polar surface area (TPSA) is 37.8 Å². The smallest absolute Gasteiger partial charge is 0.115 e. The van der Waals surface area contributed by atoms with Crippen LogP contribution in [-0.4, -0.2) is 16.0 Å². The van der Waals surface area contributed by atoms with Crippen molar-refractivity contribution in [2.75, 3.05) is 0 Å². The quantitative estimate of drug-likeness (QED) is 0.725. The zero-order chi connectivity index (χ0) is 8.23. The summed E-state index contributed by atoms with van der Waals surface area (Å²) in [5.74, 6) is 0. The molecule has 1 aliphatic carbocycles. The second-order valence-electron chi connectivity index (χ2n) is 3.26. The number of aromatic nitrogens is 2. The highest BCUT2D eigenvalue weighted by molar-refractivity contribution is 5.02. The molecule has 3 heteroatoms. The molecule has 12 heavy (non-hydrogen) atoms. The number of hydrogen-bond acceptors (Lipinski definition) is 3. The molecular weight excluding hydrogens is 150 g/mol. The van der Waals surface area contributed by atoms with Crippen LogP contribution in [0, 0.1) is 0 Å². The normalized spacial score (nSPS) is 17.3. The molecule has 0 aromatic carbocycles. The number of nitrogens with one attached hydrogen (secondary N) is 1. The van der Waals surface area contributed by atoms with Gasteiger partial charge in [-0.15, -0.1) is 0 Å². The maximum atomic E-state index is 3.96. The molecule has 0 unspecified atom stereocenters. The van der Waals surface area contributed by atoms with Crippen molar-refractivity contribution in [2.24, 2.45) is 0 Å². The van der Waals surface area contributed by atoms with Crippen molar-refractivity contribution in [3.8, 4) is 0 Å². The summed E-state index contributed by atoms with van der Waals surface area (Å²) >= 11 is 0. The van der Waals surface area contributed by atoms with E-state index in [2.05, 4.69) is 15.3 Å². The van der Waals surface area contributed by atoms with E-state index in [1.54, 1.807) is 6.33 Å². The average Bonchev–Trinajstić information content (AvgIpc) is 2.04. The fraction of sp³-hybridized carbons (Fsp3) is 0.556. The molecule has 1 heterocycles. The van der Waals surface area contributed by atoms with Crippen LogP contribution in [0.2, 0.25) is 0 Å². The lowest BCUT2D eigenvalue weighted by Gasteiger charge is -2.26. The Bertz CT molecular complexity index is 231. The number of hydrogen-bond donors (Lipinski definition) is 1. The van der Waals surface area contributed by atoms with Crippen LogP contribution in [0.3, 0.4) is 0 Å². The van der Waals surface area contributed by atoms with Gasteiger partial charge in [0.2, 0.25) is 0 Å². The molecule has 0 aliphatic heterocycles. The fourth-order valence-corrected chi connectivity index (χ4v) is 1.30. The van der Waals surface area contributed by atoms with Gasteiger partial charge in [0.1, 0.15) is 6.33 Å². The van der Waals surface area contributed by atoms with Gasteiger partial charge in [-0.1, -0.05) is 6.42 Å². The Kier molecular flexibility index (Phi) is 2.32. The molecule has 2 rings (SSSR count). The van der Waals surface area contributed by atoms with Crippen LogP contribution in [0.4, 0.5) is 0 Å². The van der Waals surface area contributed by atoms with E-state index < -0.39 is 0 Å². The van der Waals surface area contributed by atoms with E-state index in [1.807, 2.05) is 12.4 Å². The molecule has 1 aliphatic rings. The molecule has 1 aromatic heterocycles. The van der Waals surface area contributed by atoms with Crippen LogP contribution in [-0.2, 0) is 6.54 Å². The van der Waals surface area contributed by atoms with Gasteiger partial charge in [-0.25, -0.2) is 9.97 Å². The zero-order valence-electron chi connectivity index (χ0n) is 7.03. The van der Waals surface area contributed by atoms with Gasteiger partial charge in [0, 0.05) is 30.5 Å². The predicted octanol–water partition coefficient (Wildman–Crippen LogP) is 1.12. The Balaban J connectivity index is 1.79. The molecule has 0 radical (unpaired) electrons. The van der Waals surface area contributed by atoms with Crippen LogP contribution in [0.1, 0.15) is 24.8 Å². The summed E-state index contributed by atoms with van der Waals surface area (Å²) in [5, 5.41) is 3.46. The molecule has 1 fully saturated rings. The van der Waals surface area contributed by atoms with Gasteiger partial charge < -0.3 is 5.32 Å². The maximum absolute atomic E-state index is 3.96. The highest BCUT2D eigenvalue weighted by atomic mass is 14.9. The first-order valence-electron chi connectivity index (χ1n) is 4.42. The van der Waals surface area contributed by atoms with Gasteiger partial charge in [-0.05, 0) is 12.8 Å². The fourth-order valence-electron chi connectivity index (χ4n) is 1.30. The third-order valence-corrected chi connectivity index (χ3v) is 2.31. The summed E-state index contributed by atoms with van der Waals surface area (Å²) < 4.78 is 0. The summed E-state index contributed by atoms with van der Waals surface area (Å²) in [6, 6.07) is 0.741. The Morgan fingerprint density at radius 3 is 2.67 bits per heavy atom. The van der Waals surface area contributed by atoms with Crippen molar-refractivity contribution in [3.63, 3.8) is 0 Å². The van der Waals surface area contributed by atoms with Gasteiger partial charge in [-0.2, -0.15) is 0 Å². The summed E-state index contributed by atoms with van der Waals surface area (Å²) in [4.78, 5) is 7.91. The first-order chi connectivity index (χ1) is 5.95. The van der Waals surface area contributed by atoms with Gasteiger partial charge in [0.25, 0.3) is 0 Å². The van der Waals surface area contributed by atoms with Crippen LogP contribution in [0.5, 0.6) is 0 Å². The van der Waals surface area contributed by atoms with E-state index in [4.69, 9.17) is 0 Å². The minimum atomic E-state index is 0.741. The van der Waals surface area contributed by atoms with Crippen molar-refractivity contribution in [1.29, 1.82) is 0 Å². The summed E-state index contributed by atoms with van der Waals surface area (Å²) in [6.45, 7) is 0.908. The monoisotopic (exact) mass is 163 g/mol. The van der Waals surface area contributed by atoms with E-state index in [0.29, 0.717) is 0 Å². The first kappa shape index (κ1) is 7.68. The van der Waals surface area contributed by atoms with Crippen molar-refractivity contribution in [1.82, 2.24) is 15.3 Å². The van der Waals surface area contributed by atoms with Crippen LogP contribution in [0.15, 0.2) is 18.7 Å². The lowest BCUT2D eigenvalue weighted by molar-refractivity contribution is 0.338. The molecule has 1 N–H and O–H groups in total. The highest BCUT2D eigenvalue weighted by Crippen LogP contribution is 2.18. The molecule has 0 bridgehead atoms. The van der Waals surface area contributed by atoms with Gasteiger partial charge in [-0.3, -0.25) is 0 Å². The molecule has 0 spiro atoms. The lowest BCUT2D eigenvalue weighted by atomic mass is 9.93. The molecule has 3 nitrogen and oxygen atoms in total. The van der Waals surface area contributed by atoms with Gasteiger partial charge in [0.05, 0.1) is 0 Å². The third kappa shape index (κ3) is 1.80. The van der Waals surface area contributed by atoms with Crippen molar-refractivity contribution in [2.45, 2.75) is 31.8 Å². The zero-order valence-corrected chi connectivity index (χ0v) is 7.03. The summed E-state index contributed by atoms with van der Waals surface area (Å²) in [7, 11) is 0. The Morgan fingerprint density at radius 2 is 2.08 bits per heavy atom. The van der Waals surface area contributed by atoms with Crippen molar-refractivity contribution < 1.29 is 0 Å². The van der Waals surface area contributed by atoms with E-state index in [1.165, 1.54) is 24.8 Å².